The van der Waals surface area contributed by atoms with Crippen LogP contribution in [-0.4, -0.2) is 47.7 Å². The summed E-state index contributed by atoms with van der Waals surface area (Å²) < 4.78 is 43.3. The number of carboxylic acids is 1. The van der Waals surface area contributed by atoms with E-state index < -0.39 is 35.6 Å². The number of hydrogen-bond donors (Lipinski definition) is 1. The monoisotopic (exact) mass is 345 g/mol. The number of carbonyl (C=O) groups is 2. The molecule has 132 valence electrons. The van der Waals surface area contributed by atoms with E-state index in [4.69, 9.17) is 9.84 Å². The summed E-state index contributed by atoms with van der Waals surface area (Å²) in [5, 5.41) is 9.16. The molecule has 1 aliphatic rings. The van der Waals surface area contributed by atoms with Gasteiger partial charge in [0.2, 0.25) is 5.91 Å². The number of ether oxygens (including phenoxy) is 1. The minimum absolute atomic E-state index is 0.0860. The molecule has 1 aliphatic heterocycles. The molecule has 1 N–H and O–H groups in total. The predicted molar refractivity (Wildman–Crippen MR) is 78.3 cm³/mol. The van der Waals surface area contributed by atoms with Crippen molar-refractivity contribution < 1.29 is 32.6 Å². The van der Waals surface area contributed by atoms with Crippen LogP contribution in [-0.2, 0) is 26.9 Å². The van der Waals surface area contributed by atoms with Crippen LogP contribution in [0.5, 0.6) is 0 Å². The number of carboxylic acid groups (broad SMARTS) is 1. The fraction of sp³-hybridized carbons (Fsp3) is 0.500. The molecule has 0 spiro atoms. The molecule has 8 heteroatoms. The molecule has 2 atom stereocenters. The minimum Gasteiger partial charge on any atom is -0.480 e. The van der Waals surface area contributed by atoms with Crippen LogP contribution in [0.1, 0.15) is 18.1 Å². The number of alkyl halides is 3. The molecule has 2 rings (SSSR count). The van der Waals surface area contributed by atoms with Crippen LogP contribution >= 0.6 is 0 Å². The van der Waals surface area contributed by atoms with Crippen LogP contribution in [0.2, 0.25) is 0 Å². The first-order valence-corrected chi connectivity index (χ1v) is 7.47. The summed E-state index contributed by atoms with van der Waals surface area (Å²) in [5.74, 6) is -2.19. The second-order valence-corrected chi connectivity index (χ2v) is 5.76. The highest BCUT2D eigenvalue weighted by atomic mass is 19.4. The molecular weight excluding hydrogens is 327 g/mol. The second kappa shape index (κ2) is 7.21. The number of nitrogens with zero attached hydrogens (tertiary/aromatic N) is 1. The lowest BCUT2D eigenvalue weighted by Gasteiger charge is -2.34. The molecule has 0 aromatic heterocycles. The Bertz CT molecular complexity index is 618. The Morgan fingerprint density at radius 2 is 2.12 bits per heavy atom. The van der Waals surface area contributed by atoms with Crippen LogP contribution < -0.4 is 0 Å². The lowest BCUT2D eigenvalue weighted by Crippen LogP contribution is -2.54. The molecule has 1 aromatic rings. The first-order chi connectivity index (χ1) is 11.2. The number of morpholine rings is 1. The molecule has 0 radical (unpaired) electrons. The lowest BCUT2D eigenvalue weighted by atomic mass is 9.97. The number of halogens is 3. The van der Waals surface area contributed by atoms with Gasteiger partial charge in [0.15, 0.2) is 6.04 Å². The minimum atomic E-state index is -4.44. The summed E-state index contributed by atoms with van der Waals surface area (Å²) >= 11 is 0. The Kier molecular flexibility index (Phi) is 5.48. The molecule has 1 fully saturated rings. The van der Waals surface area contributed by atoms with Crippen molar-refractivity contribution >= 4 is 11.9 Å². The van der Waals surface area contributed by atoms with Crippen molar-refractivity contribution in [1.29, 1.82) is 0 Å². The van der Waals surface area contributed by atoms with E-state index in [1.165, 1.54) is 17.0 Å². The maximum Gasteiger partial charge on any atom is 0.416 e. The summed E-state index contributed by atoms with van der Waals surface area (Å²) in [5.41, 5.74) is -0.389. The molecule has 1 heterocycles. The third-order valence-electron chi connectivity index (χ3n) is 3.91. The van der Waals surface area contributed by atoms with E-state index in [-0.39, 0.29) is 26.2 Å². The van der Waals surface area contributed by atoms with Gasteiger partial charge in [-0.3, -0.25) is 4.79 Å². The Labute approximate surface area is 137 Å². The Morgan fingerprint density at radius 3 is 2.75 bits per heavy atom. The standard InChI is InChI=1S/C16H18F3NO4/c1-10(7-11-3-2-4-12(8-11)16(17,18)19)14(21)20-5-6-24-9-13(20)15(22)23/h2-4,8,10,13H,5-7,9H2,1H3,(H,22,23)/t10-,13+/m1/s1. The van der Waals surface area contributed by atoms with Crippen molar-refractivity contribution in [2.24, 2.45) is 5.92 Å². The van der Waals surface area contributed by atoms with E-state index >= 15 is 0 Å². The summed E-state index contributed by atoms with van der Waals surface area (Å²) in [6.07, 6.45) is -4.34. The first kappa shape index (κ1) is 18.3. The van der Waals surface area contributed by atoms with Crippen LogP contribution in [0.4, 0.5) is 13.2 Å². The van der Waals surface area contributed by atoms with Crippen molar-refractivity contribution in [3.05, 3.63) is 35.4 Å². The lowest BCUT2D eigenvalue weighted by molar-refractivity contribution is -0.160. The van der Waals surface area contributed by atoms with Crippen molar-refractivity contribution in [2.75, 3.05) is 19.8 Å². The number of benzene rings is 1. The van der Waals surface area contributed by atoms with Gasteiger partial charge in [-0.25, -0.2) is 4.79 Å². The Balaban J connectivity index is 2.10. The highest BCUT2D eigenvalue weighted by Gasteiger charge is 2.35. The summed E-state index contributed by atoms with van der Waals surface area (Å²) in [7, 11) is 0. The third-order valence-corrected chi connectivity index (χ3v) is 3.91. The normalized spacial score (nSPS) is 19.8. The fourth-order valence-electron chi connectivity index (χ4n) is 2.67. The summed E-state index contributed by atoms with van der Waals surface area (Å²) in [6.45, 7) is 1.89. The van der Waals surface area contributed by atoms with E-state index in [1.807, 2.05) is 0 Å². The number of aliphatic carboxylic acids is 1. The van der Waals surface area contributed by atoms with Crippen LogP contribution in [0.15, 0.2) is 24.3 Å². The second-order valence-electron chi connectivity index (χ2n) is 5.76. The molecule has 1 aromatic carbocycles. The zero-order valence-electron chi connectivity index (χ0n) is 13.0. The number of carbonyl (C=O) groups excluding carboxylic acids is 1. The average molecular weight is 345 g/mol. The summed E-state index contributed by atoms with van der Waals surface area (Å²) in [6, 6.07) is 3.74. The number of rotatable bonds is 4. The SMILES string of the molecule is C[C@H](Cc1cccc(C(F)(F)F)c1)C(=O)N1CCOC[C@H]1C(=O)O. The molecule has 0 bridgehead atoms. The fourth-order valence-corrected chi connectivity index (χ4v) is 2.67. The molecule has 1 amide bonds. The Morgan fingerprint density at radius 1 is 1.42 bits per heavy atom. The molecule has 0 saturated carbocycles. The van der Waals surface area contributed by atoms with Gasteiger partial charge in [-0.05, 0) is 18.1 Å². The van der Waals surface area contributed by atoms with Crippen molar-refractivity contribution in [1.82, 2.24) is 4.90 Å². The van der Waals surface area contributed by atoms with E-state index in [2.05, 4.69) is 0 Å². The van der Waals surface area contributed by atoms with Crippen LogP contribution in [0.25, 0.3) is 0 Å². The molecule has 0 unspecified atom stereocenters. The van der Waals surface area contributed by atoms with Gasteiger partial charge in [0.1, 0.15) is 0 Å². The quantitative estimate of drug-likeness (QED) is 0.908. The van der Waals surface area contributed by atoms with E-state index in [0.717, 1.165) is 12.1 Å². The number of amides is 1. The zero-order chi connectivity index (χ0) is 17.9. The average Bonchev–Trinajstić information content (AvgIpc) is 2.53. The van der Waals surface area contributed by atoms with Crippen LogP contribution in [0, 0.1) is 5.92 Å². The predicted octanol–water partition coefficient (Wildman–Crippen LogP) is 2.20. The van der Waals surface area contributed by atoms with Gasteiger partial charge in [-0.1, -0.05) is 25.1 Å². The van der Waals surface area contributed by atoms with Gasteiger partial charge in [0.05, 0.1) is 18.8 Å². The number of hydrogen-bond acceptors (Lipinski definition) is 3. The third kappa shape index (κ3) is 4.25. The first-order valence-electron chi connectivity index (χ1n) is 7.47. The van der Waals surface area contributed by atoms with Gasteiger partial charge in [-0.2, -0.15) is 13.2 Å². The molecule has 1 saturated heterocycles. The van der Waals surface area contributed by atoms with Gasteiger partial charge in [0.25, 0.3) is 0 Å². The van der Waals surface area contributed by atoms with Crippen molar-refractivity contribution in [3.8, 4) is 0 Å². The maximum absolute atomic E-state index is 12.7. The molecule has 5 nitrogen and oxygen atoms in total. The van der Waals surface area contributed by atoms with E-state index in [0.29, 0.717) is 5.56 Å². The zero-order valence-corrected chi connectivity index (χ0v) is 13.0. The topological polar surface area (TPSA) is 66.8 Å². The van der Waals surface area contributed by atoms with Gasteiger partial charge in [-0.15, -0.1) is 0 Å². The molecular formula is C16H18F3NO4. The van der Waals surface area contributed by atoms with Crippen LogP contribution in [0.3, 0.4) is 0 Å². The van der Waals surface area contributed by atoms with Crippen molar-refractivity contribution in [3.63, 3.8) is 0 Å². The van der Waals surface area contributed by atoms with Gasteiger partial charge < -0.3 is 14.7 Å². The highest BCUT2D eigenvalue weighted by Crippen LogP contribution is 2.30. The smallest absolute Gasteiger partial charge is 0.416 e. The van der Waals surface area contributed by atoms with Gasteiger partial charge >= 0.3 is 12.1 Å². The Hall–Kier alpha value is -2.09. The highest BCUT2D eigenvalue weighted by molar-refractivity contribution is 5.85. The van der Waals surface area contributed by atoms with Crippen molar-refractivity contribution in [2.45, 2.75) is 25.6 Å². The molecule has 0 aliphatic carbocycles. The maximum atomic E-state index is 12.7. The summed E-state index contributed by atoms with van der Waals surface area (Å²) in [4.78, 5) is 24.9. The van der Waals surface area contributed by atoms with E-state index in [9.17, 15) is 22.8 Å². The largest absolute Gasteiger partial charge is 0.480 e. The van der Waals surface area contributed by atoms with E-state index in [1.54, 1.807) is 6.92 Å². The van der Waals surface area contributed by atoms with Gasteiger partial charge in [0, 0.05) is 12.5 Å². The molecule has 24 heavy (non-hydrogen) atoms.